The Labute approximate surface area is 158 Å². The molecule has 2 bridgehead atoms. The Morgan fingerprint density at radius 2 is 2.00 bits per heavy atom. The molecular weight excluding hydrogens is 345 g/mol. The third-order valence-electron chi connectivity index (χ3n) is 5.64. The van der Waals surface area contributed by atoms with Crippen molar-refractivity contribution < 1.29 is 13.9 Å². The van der Waals surface area contributed by atoms with E-state index in [1.807, 2.05) is 11.0 Å². The second-order valence-corrected chi connectivity index (χ2v) is 7.44. The minimum absolute atomic E-state index is 0.0830. The molecule has 0 radical (unpaired) electrons. The molecule has 4 heterocycles. The SMILES string of the molecule is COc1cc(CN2C[C@@H]3CC[C@H]2CN(C(=O)c2ccncc2)C3)ccc1F. The lowest BCUT2D eigenvalue weighted by atomic mass is 9.94. The number of amides is 1. The zero-order valence-corrected chi connectivity index (χ0v) is 15.5. The Bertz CT molecular complexity index is 814. The van der Waals surface area contributed by atoms with Crippen LogP contribution < -0.4 is 4.74 Å². The van der Waals surface area contributed by atoms with Gasteiger partial charge in [0.1, 0.15) is 0 Å². The standard InChI is InChI=1S/C21H24FN3O2/c1-27-20-10-15(3-5-19(20)22)11-24-12-16-2-4-18(24)14-25(13-16)21(26)17-6-8-23-9-7-17/h3,5-10,16,18H,2,4,11-14H2,1H3/t16-,18-/m0/s1. The number of halogens is 1. The molecule has 0 N–H and O–H groups in total. The van der Waals surface area contributed by atoms with Gasteiger partial charge in [-0.1, -0.05) is 6.07 Å². The van der Waals surface area contributed by atoms with Gasteiger partial charge in [-0.3, -0.25) is 14.7 Å². The molecule has 3 aliphatic rings. The van der Waals surface area contributed by atoms with Gasteiger partial charge in [-0.2, -0.15) is 0 Å². The van der Waals surface area contributed by atoms with E-state index in [1.54, 1.807) is 30.6 Å². The topological polar surface area (TPSA) is 45.7 Å². The van der Waals surface area contributed by atoms with Crippen LogP contribution in [0.4, 0.5) is 4.39 Å². The maximum absolute atomic E-state index is 13.7. The van der Waals surface area contributed by atoms with Crippen LogP contribution in [0.3, 0.4) is 0 Å². The first kappa shape index (κ1) is 17.9. The van der Waals surface area contributed by atoms with Crippen molar-refractivity contribution in [2.75, 3.05) is 26.7 Å². The number of benzene rings is 1. The summed E-state index contributed by atoms with van der Waals surface area (Å²) in [6, 6.07) is 8.92. The maximum atomic E-state index is 13.7. The molecule has 3 aliphatic heterocycles. The van der Waals surface area contributed by atoms with E-state index in [0.29, 0.717) is 17.5 Å². The van der Waals surface area contributed by atoms with Gasteiger partial charge in [0.25, 0.3) is 5.91 Å². The lowest BCUT2D eigenvalue weighted by molar-refractivity contribution is 0.0736. The summed E-state index contributed by atoms with van der Waals surface area (Å²) >= 11 is 0. The van der Waals surface area contributed by atoms with Gasteiger partial charge in [-0.05, 0) is 48.6 Å². The van der Waals surface area contributed by atoms with E-state index in [-0.39, 0.29) is 17.5 Å². The van der Waals surface area contributed by atoms with Gasteiger partial charge in [0.2, 0.25) is 0 Å². The molecule has 1 aromatic carbocycles. The lowest BCUT2D eigenvalue weighted by Crippen LogP contribution is -2.43. The Morgan fingerprint density at radius 3 is 2.78 bits per heavy atom. The Kier molecular flexibility index (Phi) is 5.07. The highest BCUT2D eigenvalue weighted by Crippen LogP contribution is 2.30. The number of fused-ring (bicyclic) bond motifs is 4. The van der Waals surface area contributed by atoms with Gasteiger partial charge in [0.15, 0.2) is 11.6 Å². The van der Waals surface area contributed by atoms with Crippen molar-refractivity contribution in [2.24, 2.45) is 5.92 Å². The van der Waals surface area contributed by atoms with Crippen molar-refractivity contribution in [3.05, 3.63) is 59.7 Å². The minimum atomic E-state index is -0.340. The number of aromatic nitrogens is 1. The van der Waals surface area contributed by atoms with E-state index >= 15 is 0 Å². The zero-order chi connectivity index (χ0) is 18.8. The number of carbonyl (C=O) groups excluding carboxylic acids is 1. The number of piperidine rings is 1. The molecule has 0 spiro atoms. The summed E-state index contributed by atoms with van der Waals surface area (Å²) in [5, 5.41) is 0. The summed E-state index contributed by atoms with van der Waals surface area (Å²) in [5.74, 6) is 0.492. The van der Waals surface area contributed by atoms with E-state index in [2.05, 4.69) is 9.88 Å². The molecule has 2 aromatic rings. The maximum Gasteiger partial charge on any atom is 0.254 e. The highest BCUT2D eigenvalue weighted by Gasteiger charge is 2.36. The summed E-state index contributed by atoms with van der Waals surface area (Å²) in [7, 11) is 1.48. The second-order valence-electron chi connectivity index (χ2n) is 7.44. The van der Waals surface area contributed by atoms with Crippen LogP contribution in [-0.2, 0) is 6.54 Å². The van der Waals surface area contributed by atoms with Crippen LogP contribution in [-0.4, -0.2) is 53.5 Å². The number of ether oxygens (including phenoxy) is 1. The third-order valence-corrected chi connectivity index (χ3v) is 5.64. The summed E-state index contributed by atoms with van der Waals surface area (Å²) in [6.45, 7) is 3.23. The molecule has 3 saturated heterocycles. The first-order valence-electron chi connectivity index (χ1n) is 9.40. The fraction of sp³-hybridized carbons (Fsp3) is 0.429. The van der Waals surface area contributed by atoms with Gasteiger partial charge in [-0.25, -0.2) is 4.39 Å². The van der Waals surface area contributed by atoms with Crippen molar-refractivity contribution in [1.29, 1.82) is 0 Å². The van der Waals surface area contributed by atoms with Gasteiger partial charge in [0.05, 0.1) is 7.11 Å². The smallest absolute Gasteiger partial charge is 0.254 e. The van der Waals surface area contributed by atoms with Gasteiger partial charge < -0.3 is 9.64 Å². The highest BCUT2D eigenvalue weighted by molar-refractivity contribution is 5.94. The first-order valence-corrected chi connectivity index (χ1v) is 9.40. The van der Waals surface area contributed by atoms with E-state index in [4.69, 9.17) is 4.74 Å². The summed E-state index contributed by atoms with van der Waals surface area (Å²) < 4.78 is 18.8. The molecular formula is C21H24FN3O2. The Balaban J connectivity index is 1.49. The van der Waals surface area contributed by atoms with Crippen molar-refractivity contribution in [2.45, 2.75) is 25.4 Å². The molecule has 3 fully saturated rings. The van der Waals surface area contributed by atoms with Crippen molar-refractivity contribution in [1.82, 2.24) is 14.8 Å². The van der Waals surface area contributed by atoms with Crippen LogP contribution in [0.25, 0.3) is 0 Å². The molecule has 5 nitrogen and oxygen atoms in total. The first-order chi connectivity index (χ1) is 13.1. The normalized spacial score (nSPS) is 22.5. The lowest BCUT2D eigenvalue weighted by Gasteiger charge is -2.36. The molecule has 0 aliphatic carbocycles. The van der Waals surface area contributed by atoms with Crippen molar-refractivity contribution >= 4 is 5.91 Å². The number of hydrogen-bond donors (Lipinski definition) is 0. The molecule has 1 aromatic heterocycles. The number of methoxy groups -OCH3 is 1. The number of hydrogen-bond acceptors (Lipinski definition) is 4. The van der Waals surface area contributed by atoms with Gasteiger partial charge in [0, 0.05) is 50.2 Å². The molecule has 1 amide bonds. The van der Waals surface area contributed by atoms with E-state index in [0.717, 1.165) is 44.6 Å². The zero-order valence-electron chi connectivity index (χ0n) is 15.5. The van der Waals surface area contributed by atoms with E-state index in [1.165, 1.54) is 13.2 Å². The van der Waals surface area contributed by atoms with Crippen molar-refractivity contribution in [3.63, 3.8) is 0 Å². The van der Waals surface area contributed by atoms with Crippen LogP contribution >= 0.6 is 0 Å². The number of carbonyl (C=O) groups is 1. The molecule has 6 heteroatoms. The molecule has 5 rings (SSSR count). The van der Waals surface area contributed by atoms with Gasteiger partial charge in [-0.15, -0.1) is 0 Å². The molecule has 142 valence electrons. The monoisotopic (exact) mass is 369 g/mol. The fourth-order valence-corrected chi connectivity index (χ4v) is 4.25. The predicted molar refractivity (Wildman–Crippen MR) is 100 cm³/mol. The Hall–Kier alpha value is -2.47. The van der Waals surface area contributed by atoms with Crippen LogP contribution in [0.15, 0.2) is 42.7 Å². The van der Waals surface area contributed by atoms with Crippen LogP contribution in [0.2, 0.25) is 0 Å². The van der Waals surface area contributed by atoms with E-state index in [9.17, 15) is 9.18 Å². The van der Waals surface area contributed by atoms with Gasteiger partial charge >= 0.3 is 0 Å². The second kappa shape index (κ2) is 7.64. The summed E-state index contributed by atoms with van der Waals surface area (Å²) in [4.78, 5) is 21.3. The average molecular weight is 369 g/mol. The van der Waals surface area contributed by atoms with Crippen molar-refractivity contribution in [3.8, 4) is 5.75 Å². The molecule has 27 heavy (non-hydrogen) atoms. The van der Waals surface area contributed by atoms with Crippen LogP contribution in [0, 0.1) is 11.7 Å². The average Bonchev–Trinajstić information content (AvgIpc) is 3.01. The summed E-state index contributed by atoms with van der Waals surface area (Å²) in [5.41, 5.74) is 1.73. The largest absolute Gasteiger partial charge is 0.494 e. The minimum Gasteiger partial charge on any atom is -0.494 e. The van der Waals surface area contributed by atoms with E-state index < -0.39 is 0 Å². The third kappa shape index (κ3) is 3.81. The highest BCUT2D eigenvalue weighted by atomic mass is 19.1. The predicted octanol–water partition coefficient (Wildman–Crippen LogP) is 2.97. The fourth-order valence-electron chi connectivity index (χ4n) is 4.25. The van der Waals surface area contributed by atoms with Crippen LogP contribution in [0.1, 0.15) is 28.8 Å². The summed E-state index contributed by atoms with van der Waals surface area (Å²) in [6.07, 6.45) is 5.55. The number of rotatable bonds is 4. The molecule has 0 saturated carbocycles. The van der Waals surface area contributed by atoms with Crippen LogP contribution in [0.5, 0.6) is 5.75 Å². The quantitative estimate of drug-likeness (QED) is 0.831. The number of pyridine rings is 1. The Morgan fingerprint density at radius 1 is 1.19 bits per heavy atom. The molecule has 0 unspecified atom stereocenters. The number of nitrogens with zero attached hydrogens (tertiary/aromatic N) is 3. The molecule has 2 atom stereocenters.